The molecule has 1 heterocycles. The number of H-pyrrole nitrogens is 1. The molecular weight excluding hydrogens is 292 g/mol. The number of imidazole rings is 1. The molecule has 0 amide bonds. The van der Waals surface area contributed by atoms with E-state index < -0.39 is 5.97 Å². The summed E-state index contributed by atoms with van der Waals surface area (Å²) in [7, 11) is 1.33. The molecule has 5 nitrogen and oxygen atoms in total. The van der Waals surface area contributed by atoms with Gasteiger partial charge in [-0.3, -0.25) is 4.79 Å². The second-order valence-electron chi connectivity index (χ2n) is 5.34. The Labute approximate surface area is 133 Å². The van der Waals surface area contributed by atoms with Crippen LogP contribution >= 0.6 is 0 Å². The number of fused-ring (bicyclic) bond motifs is 1. The molecule has 3 aromatic rings. The van der Waals surface area contributed by atoms with E-state index in [0.717, 1.165) is 22.4 Å². The third-order valence-corrected chi connectivity index (χ3v) is 3.66. The van der Waals surface area contributed by atoms with Gasteiger partial charge in [0, 0.05) is 12.0 Å². The maximum absolute atomic E-state index is 12.4. The molecule has 0 aliphatic rings. The van der Waals surface area contributed by atoms with E-state index in [2.05, 4.69) is 14.7 Å². The van der Waals surface area contributed by atoms with Crippen molar-refractivity contribution in [3.05, 3.63) is 65.0 Å². The molecule has 0 radical (unpaired) electrons. The molecule has 5 heteroatoms. The summed E-state index contributed by atoms with van der Waals surface area (Å²) >= 11 is 0. The maximum Gasteiger partial charge on any atom is 0.337 e. The minimum atomic E-state index is -0.413. The molecule has 2 aromatic carbocycles. The van der Waals surface area contributed by atoms with Crippen molar-refractivity contribution >= 4 is 22.8 Å². The lowest BCUT2D eigenvalue weighted by Crippen LogP contribution is -2.05. The zero-order valence-corrected chi connectivity index (χ0v) is 12.9. The fourth-order valence-electron chi connectivity index (χ4n) is 2.49. The molecule has 0 bridgehead atoms. The monoisotopic (exact) mass is 308 g/mol. The van der Waals surface area contributed by atoms with E-state index in [1.165, 1.54) is 7.11 Å². The van der Waals surface area contributed by atoms with Gasteiger partial charge in [0.15, 0.2) is 5.78 Å². The van der Waals surface area contributed by atoms with Gasteiger partial charge in [-0.05, 0) is 36.8 Å². The van der Waals surface area contributed by atoms with Gasteiger partial charge in [-0.1, -0.05) is 18.2 Å². The number of rotatable bonds is 4. The van der Waals surface area contributed by atoms with Crippen LogP contribution in [-0.2, 0) is 11.2 Å². The van der Waals surface area contributed by atoms with Gasteiger partial charge in [-0.2, -0.15) is 0 Å². The van der Waals surface area contributed by atoms with Gasteiger partial charge in [0.1, 0.15) is 5.82 Å². The largest absolute Gasteiger partial charge is 0.465 e. The number of aromatic amines is 1. The number of carbonyl (C=O) groups excluding carboxylic acids is 2. The summed E-state index contributed by atoms with van der Waals surface area (Å²) in [5.74, 6) is 0.433. The summed E-state index contributed by atoms with van der Waals surface area (Å²) in [5, 5.41) is 0. The molecule has 3 rings (SSSR count). The van der Waals surface area contributed by atoms with E-state index in [9.17, 15) is 9.59 Å². The van der Waals surface area contributed by atoms with Crippen molar-refractivity contribution in [1.29, 1.82) is 0 Å². The Morgan fingerprint density at radius 2 is 1.78 bits per heavy atom. The van der Waals surface area contributed by atoms with Crippen LogP contribution in [0.5, 0.6) is 0 Å². The SMILES string of the molecule is COC(=O)c1ccc(C(=O)Cc2ccc3nc(C)[nH]c3c2)cc1. The van der Waals surface area contributed by atoms with Crippen LogP contribution in [0.1, 0.15) is 32.1 Å². The number of hydrogen-bond acceptors (Lipinski definition) is 4. The third kappa shape index (κ3) is 3.13. The Hall–Kier alpha value is -2.95. The van der Waals surface area contributed by atoms with Crippen LogP contribution in [0.25, 0.3) is 11.0 Å². The van der Waals surface area contributed by atoms with E-state index in [4.69, 9.17) is 0 Å². The average Bonchev–Trinajstić information content (AvgIpc) is 2.93. The molecule has 116 valence electrons. The first-order valence-electron chi connectivity index (χ1n) is 7.23. The molecule has 0 unspecified atom stereocenters. The van der Waals surface area contributed by atoms with Gasteiger partial charge in [0.2, 0.25) is 0 Å². The highest BCUT2D eigenvalue weighted by Gasteiger charge is 2.10. The molecule has 0 atom stereocenters. The van der Waals surface area contributed by atoms with Crippen molar-refractivity contribution in [2.75, 3.05) is 7.11 Å². The zero-order valence-electron chi connectivity index (χ0n) is 12.9. The first-order chi connectivity index (χ1) is 11.1. The number of hydrogen-bond donors (Lipinski definition) is 1. The maximum atomic E-state index is 12.4. The number of aryl methyl sites for hydroxylation is 1. The van der Waals surface area contributed by atoms with Crippen LogP contribution < -0.4 is 0 Å². The van der Waals surface area contributed by atoms with E-state index in [1.54, 1.807) is 24.3 Å². The first kappa shape index (κ1) is 15.0. The second kappa shape index (κ2) is 6.04. The average molecular weight is 308 g/mol. The van der Waals surface area contributed by atoms with Crippen molar-refractivity contribution < 1.29 is 14.3 Å². The summed E-state index contributed by atoms with van der Waals surface area (Å²) in [4.78, 5) is 31.3. The third-order valence-electron chi connectivity index (χ3n) is 3.66. The number of ketones is 1. The van der Waals surface area contributed by atoms with Crippen LogP contribution in [0.15, 0.2) is 42.5 Å². The molecule has 23 heavy (non-hydrogen) atoms. The molecular formula is C18H16N2O3. The fraction of sp³-hybridized carbons (Fsp3) is 0.167. The van der Waals surface area contributed by atoms with Crippen LogP contribution in [0.4, 0.5) is 0 Å². The van der Waals surface area contributed by atoms with Crippen molar-refractivity contribution in [2.24, 2.45) is 0 Å². The molecule has 0 aliphatic carbocycles. The standard InChI is InChI=1S/C18H16N2O3/c1-11-19-15-8-3-12(9-16(15)20-11)10-17(21)13-4-6-14(7-5-13)18(22)23-2/h3-9H,10H2,1-2H3,(H,19,20). The van der Waals surface area contributed by atoms with Crippen LogP contribution in [-0.4, -0.2) is 28.8 Å². The lowest BCUT2D eigenvalue weighted by Gasteiger charge is -2.03. The van der Waals surface area contributed by atoms with E-state index in [0.29, 0.717) is 17.5 Å². The Morgan fingerprint density at radius 1 is 1.09 bits per heavy atom. The predicted octanol–water partition coefficient (Wildman–Crippen LogP) is 3.08. The summed E-state index contributed by atoms with van der Waals surface area (Å²) in [6, 6.07) is 12.2. The number of benzene rings is 2. The summed E-state index contributed by atoms with van der Waals surface area (Å²) in [6.45, 7) is 1.90. The highest BCUT2D eigenvalue weighted by atomic mass is 16.5. The molecule has 0 aliphatic heterocycles. The number of ether oxygens (including phenoxy) is 1. The molecule has 0 saturated heterocycles. The minimum absolute atomic E-state index is 0.00277. The first-order valence-corrected chi connectivity index (χ1v) is 7.23. The Morgan fingerprint density at radius 3 is 2.48 bits per heavy atom. The van der Waals surface area contributed by atoms with E-state index in [-0.39, 0.29) is 5.78 Å². The summed E-state index contributed by atoms with van der Waals surface area (Å²) in [6.07, 6.45) is 0.297. The normalized spacial score (nSPS) is 10.7. The van der Waals surface area contributed by atoms with E-state index in [1.807, 2.05) is 25.1 Å². The molecule has 1 aromatic heterocycles. The summed E-state index contributed by atoms with van der Waals surface area (Å²) in [5.41, 5.74) is 3.73. The Balaban J connectivity index is 1.78. The highest BCUT2D eigenvalue weighted by Crippen LogP contribution is 2.16. The van der Waals surface area contributed by atoms with Gasteiger partial charge in [-0.15, -0.1) is 0 Å². The number of methoxy groups -OCH3 is 1. The fourth-order valence-corrected chi connectivity index (χ4v) is 2.49. The number of esters is 1. The molecule has 0 spiro atoms. The van der Waals surface area contributed by atoms with Gasteiger partial charge >= 0.3 is 5.97 Å². The smallest absolute Gasteiger partial charge is 0.337 e. The lowest BCUT2D eigenvalue weighted by atomic mass is 10.0. The van der Waals surface area contributed by atoms with Crippen molar-refractivity contribution in [2.45, 2.75) is 13.3 Å². The van der Waals surface area contributed by atoms with Crippen LogP contribution in [0.2, 0.25) is 0 Å². The summed E-state index contributed by atoms with van der Waals surface area (Å²) < 4.78 is 4.64. The zero-order chi connectivity index (χ0) is 16.4. The number of nitrogens with one attached hydrogen (secondary N) is 1. The lowest BCUT2D eigenvalue weighted by molar-refractivity contribution is 0.0600. The van der Waals surface area contributed by atoms with Gasteiger partial charge in [0.25, 0.3) is 0 Å². The second-order valence-corrected chi connectivity index (χ2v) is 5.34. The van der Waals surface area contributed by atoms with Crippen molar-refractivity contribution in [3.8, 4) is 0 Å². The highest BCUT2D eigenvalue weighted by molar-refractivity contribution is 5.99. The van der Waals surface area contributed by atoms with Crippen molar-refractivity contribution in [3.63, 3.8) is 0 Å². The topological polar surface area (TPSA) is 72.1 Å². The van der Waals surface area contributed by atoms with E-state index >= 15 is 0 Å². The number of carbonyl (C=O) groups is 2. The molecule has 0 fully saturated rings. The number of Topliss-reactive ketones (excluding diaryl/α,β-unsaturated/α-hetero) is 1. The van der Waals surface area contributed by atoms with Gasteiger partial charge in [0.05, 0.1) is 23.7 Å². The molecule has 1 N–H and O–H groups in total. The molecule has 0 saturated carbocycles. The minimum Gasteiger partial charge on any atom is -0.465 e. The van der Waals surface area contributed by atoms with Crippen LogP contribution in [0.3, 0.4) is 0 Å². The number of aromatic nitrogens is 2. The van der Waals surface area contributed by atoms with Crippen molar-refractivity contribution in [1.82, 2.24) is 9.97 Å². The van der Waals surface area contributed by atoms with Crippen LogP contribution in [0, 0.1) is 6.92 Å². The Bertz CT molecular complexity index is 879. The van der Waals surface area contributed by atoms with Gasteiger partial charge < -0.3 is 9.72 Å². The number of nitrogens with zero attached hydrogens (tertiary/aromatic N) is 1. The quantitative estimate of drug-likeness (QED) is 0.594. The Kier molecular flexibility index (Phi) is 3.93. The predicted molar refractivity (Wildman–Crippen MR) is 86.6 cm³/mol. The van der Waals surface area contributed by atoms with Gasteiger partial charge in [-0.25, -0.2) is 9.78 Å².